The van der Waals surface area contributed by atoms with Crippen molar-refractivity contribution in [3.63, 3.8) is 0 Å². The van der Waals surface area contributed by atoms with Crippen molar-refractivity contribution in [2.75, 3.05) is 13.7 Å². The van der Waals surface area contributed by atoms with Gasteiger partial charge in [-0.2, -0.15) is 0 Å². The summed E-state index contributed by atoms with van der Waals surface area (Å²) in [7, 11) is 1.36. The van der Waals surface area contributed by atoms with Crippen LogP contribution in [0.3, 0.4) is 0 Å². The Kier molecular flexibility index (Phi) is 4.66. The van der Waals surface area contributed by atoms with Crippen molar-refractivity contribution in [3.05, 3.63) is 5.70 Å². The van der Waals surface area contributed by atoms with Gasteiger partial charge in [0.1, 0.15) is 17.1 Å². The topological polar surface area (TPSA) is 81.9 Å². The van der Waals surface area contributed by atoms with E-state index in [1.165, 1.54) is 12.2 Å². The van der Waals surface area contributed by atoms with Gasteiger partial charge >= 0.3 is 5.97 Å². The van der Waals surface area contributed by atoms with E-state index in [2.05, 4.69) is 0 Å². The Morgan fingerprint density at radius 3 is 2.64 bits per heavy atom. The Balaban J connectivity index is 2.42. The number of nitrogens with two attached hydrogens (primary N) is 1. The average molecular weight is 310 g/mol. The monoisotopic (exact) mass is 310 g/mol. The number of nitrogens with zero attached hydrogens (tertiary/aromatic N) is 1. The number of carbonyl (C=O) groups excluding carboxylic acids is 2. The molecule has 124 valence electrons. The van der Waals surface area contributed by atoms with Crippen LogP contribution in [-0.2, 0) is 19.2 Å². The van der Waals surface area contributed by atoms with Crippen LogP contribution in [0.2, 0.25) is 0 Å². The summed E-state index contributed by atoms with van der Waals surface area (Å²) in [6.07, 6.45) is 2.63. The molecule has 1 heterocycles. The van der Waals surface area contributed by atoms with Crippen LogP contribution >= 0.6 is 0 Å². The molecule has 2 N–H and O–H groups in total. The van der Waals surface area contributed by atoms with Gasteiger partial charge in [0.05, 0.1) is 12.7 Å². The first kappa shape index (κ1) is 17.0. The van der Waals surface area contributed by atoms with Gasteiger partial charge in [-0.15, -0.1) is 0 Å². The van der Waals surface area contributed by atoms with Gasteiger partial charge in [0, 0.05) is 12.6 Å². The lowest BCUT2D eigenvalue weighted by atomic mass is 9.60. The molecule has 1 aliphatic carbocycles. The van der Waals surface area contributed by atoms with Crippen LogP contribution in [0.1, 0.15) is 46.5 Å². The Morgan fingerprint density at radius 2 is 2.09 bits per heavy atom. The number of carbonyl (C=O) groups is 1. The van der Waals surface area contributed by atoms with E-state index in [0.717, 1.165) is 6.42 Å². The normalized spacial score (nSPS) is 32.2. The number of rotatable bonds is 2. The van der Waals surface area contributed by atoms with E-state index in [4.69, 9.17) is 15.3 Å². The van der Waals surface area contributed by atoms with Crippen molar-refractivity contribution < 1.29 is 19.2 Å². The van der Waals surface area contributed by atoms with Gasteiger partial charge in [-0.1, -0.05) is 0 Å². The molecule has 6 nitrogen and oxygen atoms in total. The van der Waals surface area contributed by atoms with Gasteiger partial charge in [-0.05, 0) is 52.4 Å². The number of fused-ring (bicyclic) bond motifs is 1. The van der Waals surface area contributed by atoms with Gasteiger partial charge in [-0.25, -0.2) is 9.86 Å². The highest BCUT2D eigenvalue weighted by atomic mass is 16.7. The minimum absolute atomic E-state index is 0.0000293. The summed E-state index contributed by atoms with van der Waals surface area (Å²) in [4.78, 5) is 30.1. The molecule has 22 heavy (non-hydrogen) atoms. The molecule has 1 saturated heterocycles. The van der Waals surface area contributed by atoms with Crippen molar-refractivity contribution >= 4 is 11.9 Å². The maximum atomic E-state index is 12.6. The molecule has 0 aromatic rings. The highest BCUT2D eigenvalue weighted by molar-refractivity contribution is 5.84. The van der Waals surface area contributed by atoms with Crippen LogP contribution in [0.25, 0.3) is 0 Å². The molecule has 6 heteroatoms. The van der Waals surface area contributed by atoms with Crippen molar-refractivity contribution in [1.82, 2.24) is 5.06 Å². The second-order valence-electron chi connectivity index (χ2n) is 7.24. The fraction of sp³-hybridized carbons (Fsp3) is 0.812. The molecule has 0 spiro atoms. The van der Waals surface area contributed by atoms with E-state index < -0.39 is 11.0 Å². The lowest BCUT2D eigenvalue weighted by molar-refractivity contribution is -0.235. The fourth-order valence-electron chi connectivity index (χ4n) is 3.70. The maximum Gasteiger partial charge on any atom is 0.318 e. The number of ether oxygens (including phenoxy) is 1. The molecule has 1 aliphatic heterocycles. The van der Waals surface area contributed by atoms with E-state index in [9.17, 15) is 9.59 Å². The number of hydrogen-bond donors (Lipinski definition) is 1. The zero-order chi connectivity index (χ0) is 16.5. The maximum absolute atomic E-state index is 12.6. The third-order valence-corrected chi connectivity index (χ3v) is 4.58. The van der Waals surface area contributed by atoms with E-state index in [0.29, 0.717) is 25.8 Å². The van der Waals surface area contributed by atoms with E-state index >= 15 is 0 Å². The Bertz CT molecular complexity index is 493. The minimum atomic E-state index is -0.976. The molecule has 1 unspecified atom stereocenters. The summed E-state index contributed by atoms with van der Waals surface area (Å²) in [5, 5.41) is 1.54. The summed E-state index contributed by atoms with van der Waals surface area (Å²) in [5.74, 6) is 1.59. The lowest BCUT2D eigenvalue weighted by Crippen LogP contribution is -2.56. The van der Waals surface area contributed by atoms with Crippen LogP contribution in [0.5, 0.6) is 0 Å². The highest BCUT2D eigenvalue weighted by Crippen LogP contribution is 2.52. The van der Waals surface area contributed by atoms with E-state index in [-0.39, 0.29) is 23.6 Å². The predicted molar refractivity (Wildman–Crippen MR) is 81.1 cm³/mol. The summed E-state index contributed by atoms with van der Waals surface area (Å²) in [6.45, 7) is 6.27. The quantitative estimate of drug-likeness (QED) is 0.614. The largest absolute Gasteiger partial charge is 0.468 e. The molecule has 0 bridgehead atoms. The van der Waals surface area contributed by atoms with Crippen LogP contribution in [-0.4, -0.2) is 42.3 Å². The second kappa shape index (κ2) is 6.03. The van der Waals surface area contributed by atoms with Crippen molar-refractivity contribution in [3.8, 4) is 0 Å². The molecule has 1 saturated carbocycles. The van der Waals surface area contributed by atoms with Crippen LogP contribution in [0, 0.1) is 11.3 Å². The van der Waals surface area contributed by atoms with Crippen molar-refractivity contribution in [1.29, 1.82) is 0 Å². The molecular formula is C16H26N2O4. The van der Waals surface area contributed by atoms with E-state index in [1.807, 2.05) is 26.7 Å². The molecule has 0 radical (unpaired) electrons. The van der Waals surface area contributed by atoms with E-state index in [1.54, 1.807) is 0 Å². The number of methoxy groups -OCH3 is 1. The molecule has 0 amide bonds. The number of hydroxylamine groups is 2. The molecular weight excluding hydrogens is 284 g/mol. The first-order chi connectivity index (χ1) is 10.2. The smallest absolute Gasteiger partial charge is 0.318 e. The number of piperidine rings is 1. The van der Waals surface area contributed by atoms with Crippen LogP contribution < -0.4 is 5.73 Å². The van der Waals surface area contributed by atoms with Gasteiger partial charge < -0.3 is 10.5 Å². The molecule has 2 aliphatic rings. The Labute approximate surface area is 131 Å². The molecule has 0 aromatic carbocycles. The first-order valence-electron chi connectivity index (χ1n) is 7.81. The SMILES string of the molecule is COC(=O)[C@]12CCC(N)C[C@@H]1CCN(OC(C)(C)C)C2=C=O. The molecule has 2 fully saturated rings. The lowest BCUT2D eigenvalue weighted by Gasteiger charge is -2.50. The zero-order valence-corrected chi connectivity index (χ0v) is 13.8. The number of esters is 1. The highest BCUT2D eigenvalue weighted by Gasteiger charge is 2.57. The first-order valence-corrected chi connectivity index (χ1v) is 7.81. The Morgan fingerprint density at radius 1 is 1.41 bits per heavy atom. The Hall–Kier alpha value is -1.36. The average Bonchev–Trinajstić information content (AvgIpc) is 2.44. The number of hydrogen-bond acceptors (Lipinski definition) is 6. The zero-order valence-electron chi connectivity index (χ0n) is 13.8. The van der Waals surface area contributed by atoms with Crippen LogP contribution in [0.4, 0.5) is 0 Å². The molecule has 2 rings (SSSR count). The summed E-state index contributed by atoms with van der Waals surface area (Å²) >= 11 is 0. The summed E-state index contributed by atoms with van der Waals surface area (Å²) in [5.41, 5.74) is 4.88. The summed E-state index contributed by atoms with van der Waals surface area (Å²) in [6, 6.07) is 0.0609. The van der Waals surface area contributed by atoms with Crippen molar-refractivity contribution in [2.45, 2.75) is 58.1 Å². The fourth-order valence-corrected chi connectivity index (χ4v) is 3.70. The molecule has 0 aromatic heterocycles. The summed E-state index contributed by atoms with van der Waals surface area (Å²) < 4.78 is 5.03. The van der Waals surface area contributed by atoms with Crippen LogP contribution in [0.15, 0.2) is 5.70 Å². The van der Waals surface area contributed by atoms with Gasteiger partial charge in [0.2, 0.25) is 0 Å². The third kappa shape index (κ3) is 2.91. The second-order valence-corrected chi connectivity index (χ2v) is 7.24. The third-order valence-electron chi connectivity index (χ3n) is 4.58. The predicted octanol–water partition coefficient (Wildman–Crippen LogP) is 1.42. The standard InChI is InChI=1S/C16H26N2O4/c1-15(2,3)22-18-8-6-11-9-12(17)5-7-16(11,13(18)10-19)14(20)21-4/h11-12H,5-9,17H2,1-4H3/t11-,12?,16+/m0/s1. The van der Waals surface area contributed by atoms with Gasteiger partial charge in [0.15, 0.2) is 0 Å². The minimum Gasteiger partial charge on any atom is -0.468 e. The van der Waals surface area contributed by atoms with Gasteiger partial charge in [0.25, 0.3) is 0 Å². The van der Waals surface area contributed by atoms with Crippen molar-refractivity contribution in [2.24, 2.45) is 17.1 Å². The molecule has 3 atom stereocenters. The van der Waals surface area contributed by atoms with Gasteiger partial charge in [-0.3, -0.25) is 9.63 Å².